The van der Waals surface area contributed by atoms with Gasteiger partial charge in [-0.05, 0) is 37.8 Å². The number of hydrogen-bond donors (Lipinski definition) is 2. The second-order valence-electron chi connectivity index (χ2n) is 5.38. The molecule has 1 unspecified atom stereocenters. The van der Waals surface area contributed by atoms with Gasteiger partial charge in [0.15, 0.2) is 0 Å². The molecular formula is C15H23N3O. The highest BCUT2D eigenvalue weighted by Crippen LogP contribution is 2.26. The summed E-state index contributed by atoms with van der Waals surface area (Å²) in [7, 11) is 0. The molecule has 1 amide bonds. The average Bonchev–Trinajstić information content (AvgIpc) is 2.45. The Labute approximate surface area is 114 Å². The van der Waals surface area contributed by atoms with Crippen LogP contribution in [-0.2, 0) is 0 Å². The number of carbonyl (C=O) groups is 1. The zero-order valence-electron chi connectivity index (χ0n) is 11.6. The van der Waals surface area contributed by atoms with E-state index in [0.29, 0.717) is 18.2 Å². The van der Waals surface area contributed by atoms with Crippen molar-refractivity contribution in [2.75, 3.05) is 6.54 Å². The molecule has 2 rings (SSSR count). The van der Waals surface area contributed by atoms with Gasteiger partial charge in [0, 0.05) is 18.3 Å². The van der Waals surface area contributed by atoms with Gasteiger partial charge in [-0.15, -0.1) is 0 Å². The van der Waals surface area contributed by atoms with Crippen LogP contribution in [-0.4, -0.2) is 23.5 Å². The van der Waals surface area contributed by atoms with Crippen LogP contribution in [0.3, 0.4) is 0 Å². The van der Waals surface area contributed by atoms with E-state index in [1.165, 1.54) is 32.1 Å². The van der Waals surface area contributed by atoms with Gasteiger partial charge < -0.3 is 11.1 Å². The Kier molecular flexibility index (Phi) is 4.91. The number of nitrogens with one attached hydrogen (secondary N) is 1. The van der Waals surface area contributed by atoms with Crippen molar-refractivity contribution >= 4 is 5.91 Å². The molecule has 1 fully saturated rings. The molecule has 1 aromatic heterocycles. The van der Waals surface area contributed by atoms with Crippen LogP contribution in [0.2, 0.25) is 0 Å². The van der Waals surface area contributed by atoms with Gasteiger partial charge in [-0.25, -0.2) is 4.98 Å². The lowest BCUT2D eigenvalue weighted by Crippen LogP contribution is -2.46. The number of nitrogens with zero attached hydrogens (tertiary/aromatic N) is 1. The molecule has 0 aromatic carbocycles. The molecule has 1 aliphatic rings. The number of nitrogens with two attached hydrogens (primary N) is 1. The molecule has 0 saturated heterocycles. The summed E-state index contributed by atoms with van der Waals surface area (Å²) in [6, 6.07) is 5.57. The minimum atomic E-state index is -0.107. The van der Waals surface area contributed by atoms with Crippen LogP contribution in [0.25, 0.3) is 0 Å². The minimum Gasteiger partial charge on any atom is -0.346 e. The van der Waals surface area contributed by atoms with E-state index in [-0.39, 0.29) is 11.9 Å². The molecule has 1 aromatic rings. The van der Waals surface area contributed by atoms with E-state index in [9.17, 15) is 4.79 Å². The maximum Gasteiger partial charge on any atom is 0.270 e. The predicted octanol–water partition coefficient (Wildman–Crippen LogP) is 2.03. The summed E-state index contributed by atoms with van der Waals surface area (Å²) in [6.45, 7) is 2.39. The highest BCUT2D eigenvalue weighted by Gasteiger charge is 2.24. The minimum absolute atomic E-state index is 0.0788. The van der Waals surface area contributed by atoms with Crippen molar-refractivity contribution in [3.8, 4) is 0 Å². The summed E-state index contributed by atoms with van der Waals surface area (Å²) in [5.74, 6) is 0.414. The summed E-state index contributed by atoms with van der Waals surface area (Å²) in [6.07, 6.45) is 6.15. The fourth-order valence-electron chi connectivity index (χ4n) is 2.82. The SMILES string of the molecule is Cc1cccc(C(=O)NC(CN)C2CCCCC2)n1. The summed E-state index contributed by atoms with van der Waals surface area (Å²) < 4.78 is 0. The topological polar surface area (TPSA) is 68.0 Å². The zero-order chi connectivity index (χ0) is 13.7. The molecule has 1 saturated carbocycles. The highest BCUT2D eigenvalue weighted by atomic mass is 16.1. The largest absolute Gasteiger partial charge is 0.346 e. The molecule has 1 atom stereocenters. The molecule has 0 aliphatic heterocycles. The van der Waals surface area contributed by atoms with Gasteiger partial charge in [0.1, 0.15) is 5.69 Å². The molecule has 1 aliphatic carbocycles. The van der Waals surface area contributed by atoms with Crippen LogP contribution in [0.5, 0.6) is 0 Å². The first-order chi connectivity index (χ1) is 9.20. The molecule has 19 heavy (non-hydrogen) atoms. The second-order valence-corrected chi connectivity index (χ2v) is 5.38. The number of aromatic nitrogens is 1. The predicted molar refractivity (Wildman–Crippen MR) is 75.9 cm³/mol. The monoisotopic (exact) mass is 261 g/mol. The van der Waals surface area contributed by atoms with Gasteiger partial charge in [0.25, 0.3) is 5.91 Å². The van der Waals surface area contributed by atoms with Gasteiger partial charge in [-0.2, -0.15) is 0 Å². The fraction of sp³-hybridized carbons (Fsp3) is 0.600. The van der Waals surface area contributed by atoms with Gasteiger partial charge in [0.05, 0.1) is 0 Å². The van der Waals surface area contributed by atoms with Crippen LogP contribution in [0.4, 0.5) is 0 Å². The van der Waals surface area contributed by atoms with E-state index in [0.717, 1.165) is 5.69 Å². The van der Waals surface area contributed by atoms with Crippen molar-refractivity contribution in [1.82, 2.24) is 10.3 Å². The Morgan fingerprint density at radius 3 is 2.79 bits per heavy atom. The molecule has 3 N–H and O–H groups in total. The summed E-state index contributed by atoms with van der Waals surface area (Å²) in [5, 5.41) is 3.05. The molecule has 0 bridgehead atoms. The van der Waals surface area contributed by atoms with Gasteiger partial charge in [0.2, 0.25) is 0 Å². The standard InChI is InChI=1S/C15H23N3O/c1-11-6-5-9-13(17-11)15(19)18-14(10-16)12-7-3-2-4-8-12/h5-6,9,12,14H,2-4,7-8,10,16H2,1H3,(H,18,19). The zero-order valence-corrected chi connectivity index (χ0v) is 11.6. The van der Waals surface area contributed by atoms with Crippen LogP contribution in [0.15, 0.2) is 18.2 Å². The van der Waals surface area contributed by atoms with Gasteiger partial charge in [-0.1, -0.05) is 25.3 Å². The molecular weight excluding hydrogens is 238 g/mol. The highest BCUT2D eigenvalue weighted by molar-refractivity contribution is 5.92. The van der Waals surface area contributed by atoms with E-state index in [4.69, 9.17) is 5.73 Å². The van der Waals surface area contributed by atoms with Gasteiger partial charge in [-0.3, -0.25) is 4.79 Å². The van der Waals surface area contributed by atoms with Crippen molar-refractivity contribution in [1.29, 1.82) is 0 Å². The van der Waals surface area contributed by atoms with Crippen molar-refractivity contribution in [3.63, 3.8) is 0 Å². The number of hydrogen-bond acceptors (Lipinski definition) is 3. The number of amides is 1. The maximum atomic E-state index is 12.2. The number of carbonyl (C=O) groups excluding carboxylic acids is 1. The number of rotatable bonds is 4. The Morgan fingerprint density at radius 1 is 1.42 bits per heavy atom. The van der Waals surface area contributed by atoms with E-state index < -0.39 is 0 Å². The Hall–Kier alpha value is -1.42. The van der Waals surface area contributed by atoms with Crippen LogP contribution < -0.4 is 11.1 Å². The third-order valence-corrected chi connectivity index (χ3v) is 3.91. The lowest BCUT2D eigenvalue weighted by atomic mass is 9.84. The molecule has 1 heterocycles. The third kappa shape index (κ3) is 3.77. The summed E-state index contributed by atoms with van der Waals surface area (Å²) >= 11 is 0. The smallest absolute Gasteiger partial charge is 0.270 e. The van der Waals surface area contributed by atoms with E-state index >= 15 is 0 Å². The van der Waals surface area contributed by atoms with Crippen LogP contribution >= 0.6 is 0 Å². The van der Waals surface area contributed by atoms with Crippen molar-refractivity contribution in [2.24, 2.45) is 11.7 Å². The van der Waals surface area contributed by atoms with E-state index in [1.807, 2.05) is 19.1 Å². The number of aryl methyl sites for hydroxylation is 1. The first-order valence-corrected chi connectivity index (χ1v) is 7.15. The van der Waals surface area contributed by atoms with Crippen molar-refractivity contribution in [2.45, 2.75) is 45.1 Å². The number of pyridine rings is 1. The van der Waals surface area contributed by atoms with E-state index in [2.05, 4.69) is 10.3 Å². The maximum absolute atomic E-state index is 12.2. The Balaban J connectivity index is 1.99. The first kappa shape index (κ1) is 14.0. The molecule has 4 nitrogen and oxygen atoms in total. The van der Waals surface area contributed by atoms with Crippen LogP contribution in [0, 0.1) is 12.8 Å². The lowest BCUT2D eigenvalue weighted by Gasteiger charge is -2.30. The molecule has 4 heteroatoms. The third-order valence-electron chi connectivity index (χ3n) is 3.91. The molecule has 0 spiro atoms. The normalized spacial score (nSPS) is 18.0. The Morgan fingerprint density at radius 2 is 2.16 bits per heavy atom. The van der Waals surface area contributed by atoms with Gasteiger partial charge >= 0.3 is 0 Å². The fourth-order valence-corrected chi connectivity index (χ4v) is 2.82. The Bertz CT molecular complexity index is 427. The molecule has 0 radical (unpaired) electrons. The molecule has 104 valence electrons. The quantitative estimate of drug-likeness (QED) is 0.871. The van der Waals surface area contributed by atoms with Crippen LogP contribution in [0.1, 0.15) is 48.3 Å². The lowest BCUT2D eigenvalue weighted by molar-refractivity contribution is 0.0910. The van der Waals surface area contributed by atoms with E-state index in [1.54, 1.807) is 6.07 Å². The van der Waals surface area contributed by atoms with Crippen molar-refractivity contribution < 1.29 is 4.79 Å². The first-order valence-electron chi connectivity index (χ1n) is 7.15. The summed E-state index contributed by atoms with van der Waals surface area (Å²) in [5.41, 5.74) is 7.16. The van der Waals surface area contributed by atoms with Crippen molar-refractivity contribution in [3.05, 3.63) is 29.6 Å². The second kappa shape index (κ2) is 6.66. The summed E-state index contributed by atoms with van der Waals surface area (Å²) in [4.78, 5) is 16.4. The average molecular weight is 261 g/mol.